The van der Waals surface area contributed by atoms with Gasteiger partial charge in [0.15, 0.2) is 5.82 Å². The predicted molar refractivity (Wildman–Crippen MR) is 116 cm³/mol. The number of aromatic nitrogens is 4. The highest BCUT2D eigenvalue weighted by Gasteiger charge is 2.25. The van der Waals surface area contributed by atoms with E-state index in [-0.39, 0.29) is 18.5 Å². The molecule has 0 radical (unpaired) electrons. The summed E-state index contributed by atoms with van der Waals surface area (Å²) in [5.74, 6) is 1.92. The number of anilines is 1. The van der Waals surface area contributed by atoms with Crippen LogP contribution in [0.4, 0.5) is 10.6 Å². The monoisotopic (exact) mass is 434 g/mol. The van der Waals surface area contributed by atoms with Crippen LogP contribution in [0.2, 0.25) is 0 Å². The number of hydrogen-bond acceptors (Lipinski definition) is 8. The normalized spacial score (nSPS) is 13.3. The van der Waals surface area contributed by atoms with Crippen molar-refractivity contribution in [3.63, 3.8) is 0 Å². The van der Waals surface area contributed by atoms with Crippen molar-refractivity contribution in [2.75, 3.05) is 11.9 Å². The second-order valence-corrected chi connectivity index (χ2v) is 8.26. The van der Waals surface area contributed by atoms with Crippen LogP contribution in [-0.2, 0) is 18.5 Å². The molecule has 3 N–H and O–H groups in total. The van der Waals surface area contributed by atoms with E-state index in [4.69, 9.17) is 9.26 Å². The minimum absolute atomic E-state index is 0.101. The fraction of sp³-hybridized carbons (Fsp3) is 0.273. The van der Waals surface area contributed by atoms with Crippen molar-refractivity contribution in [1.82, 2.24) is 25.0 Å². The SMILES string of the molecule is CC(C)(CO)c1cc(NC(=O)n2ccc3cc(Oc4ncnc5c4CNC5)ccc32)no1. The van der Waals surface area contributed by atoms with Crippen LogP contribution in [0, 0.1) is 0 Å². The summed E-state index contributed by atoms with van der Waals surface area (Å²) in [5.41, 5.74) is 2.02. The van der Waals surface area contributed by atoms with Crippen molar-refractivity contribution in [2.24, 2.45) is 0 Å². The van der Waals surface area contributed by atoms with Gasteiger partial charge in [0, 0.05) is 36.2 Å². The predicted octanol–water partition coefficient (Wildman–Crippen LogP) is 3.16. The molecule has 5 rings (SSSR count). The first-order valence-corrected chi connectivity index (χ1v) is 10.2. The Morgan fingerprint density at radius 2 is 2.16 bits per heavy atom. The number of aliphatic hydroxyl groups is 1. The average Bonchev–Trinajstić information content (AvgIpc) is 3.53. The molecule has 1 amide bonds. The summed E-state index contributed by atoms with van der Waals surface area (Å²) in [5, 5.41) is 20.1. The third kappa shape index (κ3) is 3.59. The Bertz CT molecular complexity index is 1310. The Hall–Kier alpha value is -3.76. The molecular weight excluding hydrogens is 412 g/mol. The van der Waals surface area contributed by atoms with Gasteiger partial charge in [0.2, 0.25) is 5.88 Å². The van der Waals surface area contributed by atoms with Crippen LogP contribution in [0.15, 0.2) is 47.4 Å². The van der Waals surface area contributed by atoms with Gasteiger partial charge < -0.3 is 19.7 Å². The molecule has 3 aromatic heterocycles. The van der Waals surface area contributed by atoms with E-state index in [1.807, 2.05) is 32.0 Å². The first-order valence-electron chi connectivity index (χ1n) is 10.2. The van der Waals surface area contributed by atoms with Gasteiger partial charge in [-0.2, -0.15) is 0 Å². The molecule has 1 aliphatic heterocycles. The number of ether oxygens (including phenoxy) is 1. The Morgan fingerprint density at radius 1 is 1.28 bits per heavy atom. The Morgan fingerprint density at radius 3 is 3.00 bits per heavy atom. The van der Waals surface area contributed by atoms with Crippen LogP contribution in [0.5, 0.6) is 11.6 Å². The van der Waals surface area contributed by atoms with Gasteiger partial charge in [-0.3, -0.25) is 9.88 Å². The van der Waals surface area contributed by atoms with Crippen LogP contribution in [0.1, 0.15) is 30.9 Å². The molecule has 4 aromatic rings. The third-order valence-corrected chi connectivity index (χ3v) is 5.49. The molecule has 4 heterocycles. The molecule has 164 valence electrons. The van der Waals surface area contributed by atoms with Gasteiger partial charge in [-0.15, -0.1) is 0 Å². The zero-order chi connectivity index (χ0) is 22.3. The van der Waals surface area contributed by atoms with Crippen molar-refractivity contribution < 1.29 is 19.2 Å². The molecule has 0 spiro atoms. The number of nitrogens with one attached hydrogen (secondary N) is 2. The lowest BCUT2D eigenvalue weighted by Gasteiger charge is -2.16. The number of aliphatic hydroxyl groups excluding tert-OH is 1. The Balaban J connectivity index is 1.35. The van der Waals surface area contributed by atoms with Crippen LogP contribution in [0.3, 0.4) is 0 Å². The molecule has 0 unspecified atom stereocenters. The largest absolute Gasteiger partial charge is 0.439 e. The highest BCUT2D eigenvalue weighted by atomic mass is 16.5. The standard InChI is InChI=1S/C22H22N6O4/c1-22(2,11-29)18-8-19(27-32-18)26-21(30)28-6-5-13-7-14(3-4-17(13)28)31-20-15-9-23-10-16(15)24-12-25-20/h3-8,12,23,29H,9-11H2,1-2H3,(H,26,27,30). The van der Waals surface area contributed by atoms with E-state index in [0.29, 0.717) is 36.0 Å². The summed E-state index contributed by atoms with van der Waals surface area (Å²) in [6.07, 6.45) is 3.17. The first-order chi connectivity index (χ1) is 15.4. The molecule has 1 aromatic carbocycles. The van der Waals surface area contributed by atoms with Gasteiger partial charge in [0.1, 0.15) is 17.8 Å². The molecule has 0 saturated carbocycles. The van der Waals surface area contributed by atoms with Crippen LogP contribution in [-0.4, -0.2) is 37.4 Å². The van der Waals surface area contributed by atoms with Gasteiger partial charge in [0.05, 0.1) is 23.4 Å². The first kappa shape index (κ1) is 20.2. The topological polar surface area (TPSA) is 127 Å². The van der Waals surface area contributed by atoms with Gasteiger partial charge in [-0.05, 0) is 24.3 Å². The molecule has 32 heavy (non-hydrogen) atoms. The van der Waals surface area contributed by atoms with Crippen LogP contribution in [0.25, 0.3) is 10.9 Å². The minimum Gasteiger partial charge on any atom is -0.439 e. The molecule has 1 aliphatic rings. The highest BCUT2D eigenvalue weighted by molar-refractivity contribution is 5.98. The molecule has 0 bridgehead atoms. The molecular formula is C22H22N6O4. The van der Waals surface area contributed by atoms with E-state index in [1.165, 1.54) is 10.9 Å². The zero-order valence-electron chi connectivity index (χ0n) is 17.6. The van der Waals surface area contributed by atoms with Crippen molar-refractivity contribution in [1.29, 1.82) is 0 Å². The van der Waals surface area contributed by atoms with E-state index < -0.39 is 5.41 Å². The second kappa shape index (κ2) is 7.74. The smallest absolute Gasteiger partial charge is 0.331 e. The third-order valence-electron chi connectivity index (χ3n) is 5.49. The van der Waals surface area contributed by atoms with Gasteiger partial charge in [-0.25, -0.2) is 14.8 Å². The quantitative estimate of drug-likeness (QED) is 0.437. The molecule has 0 saturated heterocycles. The molecule has 0 atom stereocenters. The van der Waals surface area contributed by atoms with Crippen LogP contribution < -0.4 is 15.4 Å². The number of nitrogens with zero attached hydrogens (tertiary/aromatic N) is 4. The number of hydrogen-bond donors (Lipinski definition) is 3. The van der Waals surface area contributed by atoms with E-state index in [1.54, 1.807) is 18.3 Å². The number of benzene rings is 1. The Kier molecular flexibility index (Phi) is 4.87. The van der Waals surface area contributed by atoms with Gasteiger partial charge >= 0.3 is 6.03 Å². The number of carbonyl (C=O) groups excluding carboxylic acids is 1. The zero-order valence-corrected chi connectivity index (χ0v) is 17.6. The summed E-state index contributed by atoms with van der Waals surface area (Å²) < 4.78 is 12.7. The number of rotatable bonds is 5. The van der Waals surface area contributed by atoms with Crippen molar-refractivity contribution in [2.45, 2.75) is 32.4 Å². The molecule has 0 fully saturated rings. The maximum Gasteiger partial charge on any atom is 0.331 e. The van der Waals surface area contributed by atoms with E-state index >= 15 is 0 Å². The van der Waals surface area contributed by atoms with Gasteiger partial charge in [0.25, 0.3) is 0 Å². The number of fused-ring (bicyclic) bond motifs is 2. The summed E-state index contributed by atoms with van der Waals surface area (Å²) in [6, 6.07) is 8.52. The van der Waals surface area contributed by atoms with Gasteiger partial charge in [-0.1, -0.05) is 19.0 Å². The summed E-state index contributed by atoms with van der Waals surface area (Å²) >= 11 is 0. The van der Waals surface area contributed by atoms with Crippen molar-refractivity contribution in [3.8, 4) is 11.6 Å². The highest BCUT2D eigenvalue weighted by Crippen LogP contribution is 2.30. The second-order valence-electron chi connectivity index (χ2n) is 8.26. The van der Waals surface area contributed by atoms with Crippen LogP contribution >= 0.6 is 0 Å². The lowest BCUT2D eigenvalue weighted by molar-refractivity contribution is 0.187. The fourth-order valence-corrected chi connectivity index (χ4v) is 3.53. The fourth-order valence-electron chi connectivity index (χ4n) is 3.53. The molecule has 0 aliphatic carbocycles. The van der Waals surface area contributed by atoms with E-state index in [9.17, 15) is 9.90 Å². The minimum atomic E-state index is -0.591. The number of amides is 1. The van der Waals surface area contributed by atoms with E-state index in [2.05, 4.69) is 25.8 Å². The maximum absolute atomic E-state index is 12.8. The van der Waals surface area contributed by atoms with Crippen molar-refractivity contribution in [3.05, 3.63) is 59.9 Å². The maximum atomic E-state index is 12.8. The van der Waals surface area contributed by atoms with Crippen molar-refractivity contribution >= 4 is 22.8 Å². The summed E-state index contributed by atoms with van der Waals surface area (Å²) in [6.45, 7) is 4.92. The lowest BCUT2D eigenvalue weighted by atomic mass is 9.92. The number of carbonyl (C=O) groups is 1. The van der Waals surface area contributed by atoms with E-state index in [0.717, 1.165) is 16.6 Å². The summed E-state index contributed by atoms with van der Waals surface area (Å²) in [4.78, 5) is 21.3. The Labute approximate surface area is 183 Å². The molecule has 10 nitrogen and oxygen atoms in total. The average molecular weight is 434 g/mol. The summed E-state index contributed by atoms with van der Waals surface area (Å²) in [7, 11) is 0. The lowest BCUT2D eigenvalue weighted by Crippen LogP contribution is -2.21. The molecule has 10 heteroatoms.